The Labute approximate surface area is 117 Å². The van der Waals surface area contributed by atoms with Crippen LogP contribution >= 0.6 is 15.9 Å². The fourth-order valence-electron chi connectivity index (χ4n) is 2.61. The molecular formula is C14H20BrFN2. The second kappa shape index (κ2) is 5.57. The van der Waals surface area contributed by atoms with Crippen molar-refractivity contribution in [2.24, 2.45) is 0 Å². The molecule has 1 aliphatic heterocycles. The molecule has 0 amide bonds. The maximum absolute atomic E-state index is 13.9. The summed E-state index contributed by atoms with van der Waals surface area (Å²) in [7, 11) is 0. The molecule has 1 aromatic carbocycles. The smallest absolute Gasteiger partial charge is 0.146 e. The van der Waals surface area contributed by atoms with Gasteiger partial charge in [0.05, 0.1) is 5.69 Å². The summed E-state index contributed by atoms with van der Waals surface area (Å²) in [6.07, 6.45) is 2.13. The number of piperazine rings is 1. The van der Waals surface area contributed by atoms with Crippen molar-refractivity contribution < 1.29 is 4.39 Å². The molecule has 2 nitrogen and oxygen atoms in total. The van der Waals surface area contributed by atoms with E-state index >= 15 is 0 Å². The van der Waals surface area contributed by atoms with E-state index in [0.717, 1.165) is 36.9 Å². The minimum atomic E-state index is -0.138. The highest BCUT2D eigenvalue weighted by atomic mass is 79.9. The van der Waals surface area contributed by atoms with Crippen LogP contribution < -0.4 is 10.2 Å². The summed E-state index contributed by atoms with van der Waals surface area (Å²) in [6, 6.07) is 5.14. The number of nitrogens with one attached hydrogen (secondary N) is 1. The van der Waals surface area contributed by atoms with Gasteiger partial charge in [0, 0.05) is 29.6 Å². The van der Waals surface area contributed by atoms with Crippen LogP contribution in [0.3, 0.4) is 0 Å². The molecule has 4 heteroatoms. The third-order valence-electron chi connectivity index (χ3n) is 3.98. The Balaban J connectivity index is 2.25. The van der Waals surface area contributed by atoms with E-state index in [2.05, 4.69) is 40.0 Å². The highest BCUT2D eigenvalue weighted by Crippen LogP contribution is 2.28. The van der Waals surface area contributed by atoms with Gasteiger partial charge in [-0.1, -0.05) is 29.8 Å². The molecule has 0 atom stereocenters. The zero-order valence-corrected chi connectivity index (χ0v) is 12.6. The monoisotopic (exact) mass is 314 g/mol. The topological polar surface area (TPSA) is 15.3 Å². The Kier molecular flexibility index (Phi) is 4.28. The van der Waals surface area contributed by atoms with Crippen LogP contribution in [0.5, 0.6) is 0 Å². The molecule has 1 fully saturated rings. The van der Waals surface area contributed by atoms with Crippen molar-refractivity contribution in [2.75, 3.05) is 24.5 Å². The number of hydrogen-bond acceptors (Lipinski definition) is 2. The van der Waals surface area contributed by atoms with E-state index in [1.54, 1.807) is 6.07 Å². The quantitative estimate of drug-likeness (QED) is 0.917. The van der Waals surface area contributed by atoms with Crippen molar-refractivity contribution in [1.29, 1.82) is 0 Å². The van der Waals surface area contributed by atoms with Crippen LogP contribution in [-0.4, -0.2) is 25.2 Å². The first-order chi connectivity index (χ1) is 8.60. The minimum absolute atomic E-state index is 0.118. The van der Waals surface area contributed by atoms with E-state index in [1.165, 1.54) is 6.07 Å². The standard InChI is InChI=1S/C14H20BrFN2/c1-3-14(4-2)10-18(8-7-17-14)13-9-11(15)5-6-12(13)16/h5-6,9,17H,3-4,7-8,10H2,1-2H3. The zero-order chi connectivity index (χ0) is 13.2. The van der Waals surface area contributed by atoms with Crippen molar-refractivity contribution in [3.05, 3.63) is 28.5 Å². The second-order valence-corrected chi connectivity index (χ2v) is 5.85. The Morgan fingerprint density at radius 1 is 1.39 bits per heavy atom. The molecule has 0 saturated carbocycles. The van der Waals surface area contributed by atoms with Gasteiger partial charge < -0.3 is 10.2 Å². The van der Waals surface area contributed by atoms with Gasteiger partial charge in [-0.2, -0.15) is 0 Å². The molecule has 1 saturated heterocycles. The van der Waals surface area contributed by atoms with E-state index in [-0.39, 0.29) is 11.4 Å². The highest BCUT2D eigenvalue weighted by molar-refractivity contribution is 9.10. The third kappa shape index (κ3) is 2.69. The van der Waals surface area contributed by atoms with Crippen LogP contribution in [0.25, 0.3) is 0 Å². The molecule has 2 rings (SSSR count). The van der Waals surface area contributed by atoms with Crippen LogP contribution in [0.15, 0.2) is 22.7 Å². The van der Waals surface area contributed by atoms with E-state index in [0.29, 0.717) is 5.69 Å². The van der Waals surface area contributed by atoms with Gasteiger partial charge in [-0.15, -0.1) is 0 Å². The van der Waals surface area contributed by atoms with Gasteiger partial charge in [0.15, 0.2) is 0 Å². The van der Waals surface area contributed by atoms with Crippen molar-refractivity contribution >= 4 is 21.6 Å². The number of anilines is 1. The van der Waals surface area contributed by atoms with E-state index < -0.39 is 0 Å². The minimum Gasteiger partial charge on any atom is -0.366 e. The van der Waals surface area contributed by atoms with Crippen molar-refractivity contribution in [2.45, 2.75) is 32.2 Å². The fourth-order valence-corrected chi connectivity index (χ4v) is 2.96. The molecular weight excluding hydrogens is 295 g/mol. The van der Waals surface area contributed by atoms with Gasteiger partial charge in [0.25, 0.3) is 0 Å². The molecule has 18 heavy (non-hydrogen) atoms. The summed E-state index contributed by atoms with van der Waals surface area (Å²) < 4.78 is 14.9. The number of hydrogen-bond donors (Lipinski definition) is 1. The van der Waals surface area contributed by atoms with Crippen molar-refractivity contribution in [3.8, 4) is 0 Å². The van der Waals surface area contributed by atoms with Crippen LogP contribution in [0.2, 0.25) is 0 Å². The predicted octanol–water partition coefficient (Wildman–Crippen LogP) is 3.56. The molecule has 0 radical (unpaired) electrons. The predicted molar refractivity (Wildman–Crippen MR) is 77.6 cm³/mol. The molecule has 100 valence electrons. The van der Waals surface area contributed by atoms with Crippen LogP contribution in [0.4, 0.5) is 10.1 Å². The summed E-state index contributed by atoms with van der Waals surface area (Å²) in [5.74, 6) is -0.138. The van der Waals surface area contributed by atoms with Crippen molar-refractivity contribution in [3.63, 3.8) is 0 Å². The molecule has 1 aromatic rings. The fraction of sp³-hybridized carbons (Fsp3) is 0.571. The molecule has 0 unspecified atom stereocenters. The zero-order valence-electron chi connectivity index (χ0n) is 11.0. The number of rotatable bonds is 3. The molecule has 0 bridgehead atoms. The summed E-state index contributed by atoms with van der Waals surface area (Å²) in [4.78, 5) is 2.16. The Morgan fingerprint density at radius 2 is 2.11 bits per heavy atom. The van der Waals surface area contributed by atoms with Gasteiger partial charge in [-0.05, 0) is 31.0 Å². The molecule has 0 aliphatic carbocycles. The lowest BCUT2D eigenvalue weighted by Gasteiger charge is -2.44. The van der Waals surface area contributed by atoms with E-state index in [4.69, 9.17) is 0 Å². The first-order valence-electron chi connectivity index (χ1n) is 6.55. The van der Waals surface area contributed by atoms with Gasteiger partial charge >= 0.3 is 0 Å². The summed E-state index contributed by atoms with van der Waals surface area (Å²) in [6.45, 7) is 7.02. The van der Waals surface area contributed by atoms with Crippen molar-refractivity contribution in [1.82, 2.24) is 5.32 Å². The van der Waals surface area contributed by atoms with Gasteiger partial charge in [0.2, 0.25) is 0 Å². The van der Waals surface area contributed by atoms with Crippen LogP contribution in [-0.2, 0) is 0 Å². The summed E-state index contributed by atoms with van der Waals surface area (Å²) >= 11 is 3.42. The lowest BCUT2D eigenvalue weighted by molar-refractivity contribution is 0.276. The lowest BCUT2D eigenvalue weighted by atomic mass is 9.90. The summed E-state index contributed by atoms with van der Waals surface area (Å²) in [5, 5.41) is 3.59. The highest BCUT2D eigenvalue weighted by Gasteiger charge is 2.32. The number of benzene rings is 1. The SMILES string of the molecule is CCC1(CC)CN(c2cc(Br)ccc2F)CCN1. The number of nitrogens with zero attached hydrogens (tertiary/aromatic N) is 1. The Hall–Kier alpha value is -0.610. The molecule has 0 spiro atoms. The van der Waals surface area contributed by atoms with E-state index in [9.17, 15) is 4.39 Å². The van der Waals surface area contributed by atoms with Gasteiger partial charge in [0.1, 0.15) is 5.82 Å². The normalized spacial score (nSPS) is 19.0. The van der Waals surface area contributed by atoms with E-state index in [1.807, 2.05) is 6.07 Å². The first kappa shape index (κ1) is 13.8. The van der Waals surface area contributed by atoms with Gasteiger partial charge in [-0.25, -0.2) is 4.39 Å². The molecule has 1 heterocycles. The lowest BCUT2D eigenvalue weighted by Crippen LogP contribution is -2.60. The van der Waals surface area contributed by atoms with Crippen LogP contribution in [0, 0.1) is 5.82 Å². The van der Waals surface area contributed by atoms with Crippen LogP contribution in [0.1, 0.15) is 26.7 Å². The van der Waals surface area contributed by atoms with Gasteiger partial charge in [-0.3, -0.25) is 0 Å². The number of halogens is 2. The largest absolute Gasteiger partial charge is 0.366 e. The molecule has 1 N–H and O–H groups in total. The average molecular weight is 315 g/mol. The Morgan fingerprint density at radius 3 is 2.78 bits per heavy atom. The molecule has 1 aliphatic rings. The maximum Gasteiger partial charge on any atom is 0.146 e. The third-order valence-corrected chi connectivity index (χ3v) is 4.47. The molecule has 0 aromatic heterocycles. The summed E-state index contributed by atoms with van der Waals surface area (Å²) in [5.41, 5.74) is 0.824. The maximum atomic E-state index is 13.9. The Bertz CT molecular complexity index is 418. The first-order valence-corrected chi connectivity index (χ1v) is 7.34. The second-order valence-electron chi connectivity index (χ2n) is 4.93. The average Bonchev–Trinajstić information content (AvgIpc) is 2.41.